The molecule has 1 aromatic carbocycles. The van der Waals surface area contributed by atoms with Gasteiger partial charge in [-0.2, -0.15) is 0 Å². The molecule has 1 fully saturated rings. The van der Waals surface area contributed by atoms with Crippen LogP contribution in [-0.4, -0.2) is 16.9 Å². The fourth-order valence-electron chi connectivity index (χ4n) is 2.42. The number of hydrogen-bond acceptors (Lipinski definition) is 4. The van der Waals surface area contributed by atoms with Gasteiger partial charge in [0, 0.05) is 29.1 Å². The monoisotopic (exact) mass is 285 g/mol. The molecule has 2 heterocycles. The molecule has 2 N–H and O–H groups in total. The summed E-state index contributed by atoms with van der Waals surface area (Å²) in [6, 6.07) is 6.79. The number of rotatable bonds is 3. The SMILES string of the molecule is O=C1CCc2cc(-c3csc(NC4CC4)n3)ccc2N1. The van der Waals surface area contributed by atoms with Crippen LogP contribution in [0.4, 0.5) is 10.8 Å². The van der Waals surface area contributed by atoms with Crippen LogP contribution < -0.4 is 10.6 Å². The highest BCUT2D eigenvalue weighted by atomic mass is 32.1. The van der Waals surface area contributed by atoms with Crippen molar-refractivity contribution in [3.8, 4) is 11.3 Å². The van der Waals surface area contributed by atoms with Crippen LogP contribution in [0.3, 0.4) is 0 Å². The molecule has 1 amide bonds. The van der Waals surface area contributed by atoms with E-state index in [0.717, 1.165) is 28.5 Å². The number of thiazole rings is 1. The summed E-state index contributed by atoms with van der Waals surface area (Å²) in [4.78, 5) is 16.0. The van der Waals surface area contributed by atoms with Gasteiger partial charge in [0.05, 0.1) is 5.69 Å². The summed E-state index contributed by atoms with van der Waals surface area (Å²) in [6.45, 7) is 0. The zero-order valence-corrected chi connectivity index (χ0v) is 11.8. The quantitative estimate of drug-likeness (QED) is 0.910. The Morgan fingerprint density at radius 3 is 3.05 bits per heavy atom. The van der Waals surface area contributed by atoms with Crippen LogP contribution in [-0.2, 0) is 11.2 Å². The van der Waals surface area contributed by atoms with Crippen LogP contribution in [0.1, 0.15) is 24.8 Å². The van der Waals surface area contributed by atoms with Crippen LogP contribution in [0.5, 0.6) is 0 Å². The number of benzene rings is 1. The first kappa shape index (κ1) is 11.9. The van der Waals surface area contributed by atoms with E-state index in [1.54, 1.807) is 11.3 Å². The van der Waals surface area contributed by atoms with Gasteiger partial charge in [-0.1, -0.05) is 6.07 Å². The van der Waals surface area contributed by atoms with E-state index in [1.165, 1.54) is 18.4 Å². The standard InChI is InChI=1S/C15H15N3OS/c19-14-6-2-9-7-10(1-5-12(9)17-14)13-8-20-15(18-13)16-11-3-4-11/h1,5,7-8,11H,2-4,6H2,(H,16,18)(H,17,19). The largest absolute Gasteiger partial charge is 0.359 e. The third-order valence-corrected chi connectivity index (χ3v) is 4.48. The molecule has 4 rings (SSSR count). The predicted octanol–water partition coefficient (Wildman–Crippen LogP) is 3.27. The van der Waals surface area contributed by atoms with Crippen molar-refractivity contribution in [2.75, 3.05) is 10.6 Å². The molecule has 0 atom stereocenters. The molecule has 2 aromatic rings. The normalized spacial score (nSPS) is 17.5. The van der Waals surface area contributed by atoms with Crippen molar-refractivity contribution in [1.82, 2.24) is 4.98 Å². The van der Waals surface area contributed by atoms with Crippen molar-refractivity contribution in [2.24, 2.45) is 0 Å². The third-order valence-electron chi connectivity index (χ3n) is 3.71. The third kappa shape index (κ3) is 2.29. The molecule has 0 spiro atoms. The minimum absolute atomic E-state index is 0.106. The smallest absolute Gasteiger partial charge is 0.224 e. The molecular formula is C15H15N3OS. The maximum absolute atomic E-state index is 11.4. The molecule has 102 valence electrons. The number of fused-ring (bicyclic) bond motifs is 1. The minimum atomic E-state index is 0.106. The Morgan fingerprint density at radius 1 is 1.30 bits per heavy atom. The minimum Gasteiger partial charge on any atom is -0.359 e. The van der Waals surface area contributed by atoms with Gasteiger partial charge in [-0.3, -0.25) is 4.79 Å². The second-order valence-electron chi connectivity index (χ2n) is 5.38. The Balaban J connectivity index is 1.61. The van der Waals surface area contributed by atoms with Crippen molar-refractivity contribution < 1.29 is 4.79 Å². The lowest BCUT2D eigenvalue weighted by Crippen LogP contribution is -2.18. The lowest BCUT2D eigenvalue weighted by Gasteiger charge is -2.17. The van der Waals surface area contributed by atoms with Crippen LogP contribution >= 0.6 is 11.3 Å². The average Bonchev–Trinajstić information content (AvgIpc) is 3.14. The van der Waals surface area contributed by atoms with E-state index >= 15 is 0 Å². The molecule has 0 radical (unpaired) electrons. The molecule has 20 heavy (non-hydrogen) atoms. The summed E-state index contributed by atoms with van der Waals surface area (Å²) in [5.41, 5.74) is 4.28. The molecule has 1 aliphatic heterocycles. The second-order valence-corrected chi connectivity index (χ2v) is 6.23. The van der Waals surface area contributed by atoms with E-state index in [4.69, 9.17) is 0 Å². The Bertz CT molecular complexity index is 676. The van der Waals surface area contributed by atoms with E-state index < -0.39 is 0 Å². The lowest BCUT2D eigenvalue weighted by atomic mass is 9.99. The van der Waals surface area contributed by atoms with Gasteiger partial charge in [-0.05, 0) is 37.0 Å². The molecule has 0 unspecified atom stereocenters. The Hall–Kier alpha value is -1.88. The number of hydrogen-bond donors (Lipinski definition) is 2. The van der Waals surface area contributed by atoms with Gasteiger partial charge in [0.25, 0.3) is 0 Å². The summed E-state index contributed by atoms with van der Waals surface area (Å²) in [7, 11) is 0. The van der Waals surface area contributed by atoms with Gasteiger partial charge < -0.3 is 10.6 Å². The number of carbonyl (C=O) groups excluding carboxylic acids is 1. The number of aryl methyl sites for hydroxylation is 1. The maximum atomic E-state index is 11.4. The lowest BCUT2D eigenvalue weighted by molar-refractivity contribution is -0.116. The van der Waals surface area contributed by atoms with E-state index in [0.29, 0.717) is 12.5 Å². The van der Waals surface area contributed by atoms with Crippen molar-refractivity contribution in [2.45, 2.75) is 31.7 Å². The van der Waals surface area contributed by atoms with E-state index in [2.05, 4.69) is 27.1 Å². The zero-order valence-electron chi connectivity index (χ0n) is 11.0. The Kier molecular flexibility index (Phi) is 2.73. The summed E-state index contributed by atoms with van der Waals surface area (Å²) in [5, 5.41) is 9.43. The molecule has 0 saturated heterocycles. The molecule has 1 saturated carbocycles. The highest BCUT2D eigenvalue weighted by molar-refractivity contribution is 7.14. The molecule has 1 aliphatic carbocycles. The van der Waals surface area contributed by atoms with Crippen LogP contribution in [0, 0.1) is 0 Å². The summed E-state index contributed by atoms with van der Waals surface area (Å²) >= 11 is 1.66. The van der Waals surface area contributed by atoms with Gasteiger partial charge >= 0.3 is 0 Å². The van der Waals surface area contributed by atoms with Gasteiger partial charge in [-0.25, -0.2) is 4.98 Å². The van der Waals surface area contributed by atoms with Gasteiger partial charge in [-0.15, -0.1) is 11.3 Å². The molecule has 0 bridgehead atoms. The topological polar surface area (TPSA) is 54.0 Å². The van der Waals surface area contributed by atoms with Gasteiger partial charge in [0.1, 0.15) is 0 Å². The number of amides is 1. The molecule has 1 aromatic heterocycles. The van der Waals surface area contributed by atoms with Crippen molar-refractivity contribution in [3.05, 3.63) is 29.1 Å². The first-order valence-electron chi connectivity index (χ1n) is 6.93. The molecule has 4 nitrogen and oxygen atoms in total. The number of nitrogens with one attached hydrogen (secondary N) is 2. The van der Waals surface area contributed by atoms with Crippen molar-refractivity contribution >= 4 is 28.1 Å². The summed E-state index contributed by atoms with van der Waals surface area (Å²) in [5.74, 6) is 0.106. The number of carbonyl (C=O) groups is 1. The molecule has 2 aliphatic rings. The van der Waals surface area contributed by atoms with Gasteiger partial charge in [0.15, 0.2) is 5.13 Å². The number of anilines is 2. The number of nitrogens with zero attached hydrogens (tertiary/aromatic N) is 1. The maximum Gasteiger partial charge on any atom is 0.224 e. The summed E-state index contributed by atoms with van der Waals surface area (Å²) < 4.78 is 0. The second kappa shape index (κ2) is 4.59. The zero-order chi connectivity index (χ0) is 13.5. The van der Waals surface area contributed by atoms with E-state index in [1.807, 2.05) is 12.1 Å². The van der Waals surface area contributed by atoms with Crippen LogP contribution in [0.2, 0.25) is 0 Å². The molecular weight excluding hydrogens is 270 g/mol. The average molecular weight is 285 g/mol. The van der Waals surface area contributed by atoms with E-state index in [-0.39, 0.29) is 5.91 Å². The first-order valence-corrected chi connectivity index (χ1v) is 7.81. The summed E-state index contributed by atoms with van der Waals surface area (Å²) in [6.07, 6.45) is 3.90. The van der Waals surface area contributed by atoms with Crippen molar-refractivity contribution in [1.29, 1.82) is 0 Å². The Morgan fingerprint density at radius 2 is 2.20 bits per heavy atom. The van der Waals surface area contributed by atoms with Gasteiger partial charge in [0.2, 0.25) is 5.91 Å². The predicted molar refractivity (Wildman–Crippen MR) is 81.1 cm³/mol. The fraction of sp³-hybridized carbons (Fsp3) is 0.333. The van der Waals surface area contributed by atoms with E-state index in [9.17, 15) is 4.79 Å². The van der Waals surface area contributed by atoms with Crippen LogP contribution in [0.25, 0.3) is 11.3 Å². The highest BCUT2D eigenvalue weighted by Crippen LogP contribution is 2.32. The first-order chi connectivity index (χ1) is 9.78. The highest BCUT2D eigenvalue weighted by Gasteiger charge is 2.22. The molecule has 5 heteroatoms. The fourth-order valence-corrected chi connectivity index (χ4v) is 3.22. The van der Waals surface area contributed by atoms with Crippen molar-refractivity contribution in [3.63, 3.8) is 0 Å². The van der Waals surface area contributed by atoms with Crippen LogP contribution in [0.15, 0.2) is 23.6 Å². The Labute approximate surface area is 121 Å². The number of aromatic nitrogens is 1.